The van der Waals surface area contributed by atoms with Crippen molar-refractivity contribution in [3.8, 4) is 0 Å². The van der Waals surface area contributed by atoms with Crippen LogP contribution in [0.4, 0.5) is 3.89 Å². The highest BCUT2D eigenvalue weighted by molar-refractivity contribution is 8.28. The molecule has 0 aliphatic carbocycles. The van der Waals surface area contributed by atoms with Crippen molar-refractivity contribution in [2.75, 3.05) is 12.5 Å². The zero-order valence-corrected chi connectivity index (χ0v) is 6.99. The van der Waals surface area contributed by atoms with Crippen LogP contribution in [-0.4, -0.2) is 12.5 Å². The van der Waals surface area contributed by atoms with E-state index in [9.17, 15) is 3.89 Å². The Hall–Kier alpha value is -0.500. The van der Waals surface area contributed by atoms with E-state index in [0.29, 0.717) is 0 Å². The maximum absolute atomic E-state index is 13.2. The van der Waals surface area contributed by atoms with Gasteiger partial charge in [-0.2, -0.15) is 3.89 Å². The molecule has 0 saturated heterocycles. The zero-order valence-electron chi connectivity index (χ0n) is 6.17. The maximum atomic E-state index is 13.2. The zero-order chi connectivity index (χ0) is 7.61. The Morgan fingerprint density at radius 2 is 1.60 bits per heavy atom. The minimum absolute atomic E-state index is 0.815. The molecule has 2 heteroatoms. The summed E-state index contributed by atoms with van der Waals surface area (Å²) in [5.41, 5.74) is 0. The second-order valence-electron chi connectivity index (χ2n) is 2.52. The molecule has 0 fully saturated rings. The summed E-state index contributed by atoms with van der Waals surface area (Å²) < 4.78 is 13.2. The molecule has 1 aromatic rings. The fourth-order valence-electron chi connectivity index (χ4n) is 0.744. The molecule has 1 aromatic carbocycles. The summed E-state index contributed by atoms with van der Waals surface area (Å²) in [6, 6.07) is 9.28. The molecule has 0 atom stereocenters. The van der Waals surface area contributed by atoms with Gasteiger partial charge in [-0.1, -0.05) is 28.6 Å². The lowest BCUT2D eigenvalue weighted by Gasteiger charge is -2.19. The molecule has 0 unspecified atom stereocenters. The van der Waals surface area contributed by atoms with Crippen molar-refractivity contribution >= 4 is 10.4 Å². The Labute approximate surface area is 62.7 Å². The lowest BCUT2D eigenvalue weighted by Crippen LogP contribution is -1.85. The Kier molecular flexibility index (Phi) is 2.00. The van der Waals surface area contributed by atoms with Crippen molar-refractivity contribution in [2.45, 2.75) is 4.90 Å². The van der Waals surface area contributed by atoms with Gasteiger partial charge in [-0.05, 0) is 24.6 Å². The molecule has 0 spiro atoms. The van der Waals surface area contributed by atoms with Crippen molar-refractivity contribution in [3.05, 3.63) is 30.3 Å². The molecule has 0 saturated carbocycles. The van der Waals surface area contributed by atoms with Gasteiger partial charge in [0.25, 0.3) is 0 Å². The monoisotopic (exact) mass is 158 g/mol. The Balaban J connectivity index is 2.97. The van der Waals surface area contributed by atoms with Gasteiger partial charge in [0, 0.05) is 4.90 Å². The Morgan fingerprint density at radius 1 is 1.10 bits per heavy atom. The van der Waals surface area contributed by atoms with Crippen LogP contribution in [0.1, 0.15) is 0 Å². The summed E-state index contributed by atoms with van der Waals surface area (Å²) in [6.45, 7) is 0. The number of hydrogen-bond donors (Lipinski definition) is 0. The fourth-order valence-corrected chi connectivity index (χ4v) is 1.55. The molecule has 56 valence electrons. The first kappa shape index (κ1) is 7.61. The molecule has 0 aromatic heterocycles. The minimum Gasteiger partial charge on any atom is -0.185 e. The third-order valence-corrected chi connectivity index (χ3v) is 2.70. The molecule has 10 heavy (non-hydrogen) atoms. The van der Waals surface area contributed by atoms with Crippen molar-refractivity contribution < 1.29 is 3.89 Å². The van der Waals surface area contributed by atoms with E-state index in [0.717, 1.165) is 4.90 Å². The number of benzene rings is 1. The van der Waals surface area contributed by atoms with Crippen molar-refractivity contribution in [1.29, 1.82) is 0 Å². The van der Waals surface area contributed by atoms with Gasteiger partial charge < -0.3 is 0 Å². The highest BCUT2D eigenvalue weighted by Crippen LogP contribution is 2.49. The normalized spacial score (nSPS) is 13.1. The van der Waals surface area contributed by atoms with Crippen LogP contribution in [0.2, 0.25) is 0 Å². The SMILES string of the molecule is CS(C)(F)c1ccccc1. The molecule has 0 bridgehead atoms. The van der Waals surface area contributed by atoms with E-state index in [4.69, 9.17) is 0 Å². The topological polar surface area (TPSA) is 0 Å². The smallest absolute Gasteiger partial charge is 0.0169 e. The third kappa shape index (κ3) is 1.74. The average Bonchev–Trinajstić information content (AvgIpc) is 1.88. The van der Waals surface area contributed by atoms with Gasteiger partial charge in [0.1, 0.15) is 0 Å². The number of rotatable bonds is 1. The van der Waals surface area contributed by atoms with Crippen molar-refractivity contribution in [2.24, 2.45) is 0 Å². The quantitative estimate of drug-likeness (QED) is 0.589. The van der Waals surface area contributed by atoms with Gasteiger partial charge in [-0.3, -0.25) is 0 Å². The summed E-state index contributed by atoms with van der Waals surface area (Å²) in [7, 11) is -2.00. The van der Waals surface area contributed by atoms with Gasteiger partial charge in [0.2, 0.25) is 0 Å². The van der Waals surface area contributed by atoms with Gasteiger partial charge in [0.05, 0.1) is 0 Å². The van der Waals surface area contributed by atoms with E-state index in [1.807, 2.05) is 30.3 Å². The van der Waals surface area contributed by atoms with Crippen LogP contribution in [0.5, 0.6) is 0 Å². The van der Waals surface area contributed by atoms with E-state index in [2.05, 4.69) is 0 Å². The summed E-state index contributed by atoms with van der Waals surface area (Å²) in [5, 5.41) is 0. The second kappa shape index (κ2) is 2.62. The minimum atomic E-state index is -2.00. The molecule has 0 N–H and O–H groups in total. The average molecular weight is 158 g/mol. The van der Waals surface area contributed by atoms with Gasteiger partial charge in [0.15, 0.2) is 0 Å². The summed E-state index contributed by atoms with van der Waals surface area (Å²) >= 11 is 0. The third-order valence-electron chi connectivity index (χ3n) is 1.30. The van der Waals surface area contributed by atoms with Crippen molar-refractivity contribution in [3.63, 3.8) is 0 Å². The van der Waals surface area contributed by atoms with E-state index < -0.39 is 10.4 Å². The van der Waals surface area contributed by atoms with Crippen LogP contribution >= 0.6 is 10.4 Å². The first-order chi connectivity index (χ1) is 4.61. The lowest BCUT2D eigenvalue weighted by molar-refractivity contribution is 0.898. The predicted molar refractivity (Wildman–Crippen MR) is 45.3 cm³/mol. The molecule has 0 aliphatic rings. The van der Waals surface area contributed by atoms with Crippen LogP contribution < -0.4 is 0 Å². The first-order valence-electron chi connectivity index (χ1n) is 3.09. The molecular weight excluding hydrogens is 147 g/mol. The second-order valence-corrected chi connectivity index (χ2v) is 5.39. The molecule has 0 aliphatic heterocycles. The highest BCUT2D eigenvalue weighted by Gasteiger charge is 2.10. The Bertz CT molecular complexity index is 200. The van der Waals surface area contributed by atoms with Gasteiger partial charge >= 0.3 is 0 Å². The van der Waals surface area contributed by atoms with E-state index in [1.165, 1.54) is 0 Å². The molecule has 0 heterocycles. The van der Waals surface area contributed by atoms with Gasteiger partial charge in [-0.15, -0.1) is 0 Å². The summed E-state index contributed by atoms with van der Waals surface area (Å²) in [5.74, 6) is 0. The first-order valence-corrected chi connectivity index (χ1v) is 5.44. The van der Waals surface area contributed by atoms with Crippen LogP contribution in [-0.2, 0) is 0 Å². The fraction of sp³-hybridized carbons (Fsp3) is 0.250. The predicted octanol–water partition coefficient (Wildman–Crippen LogP) is 2.99. The van der Waals surface area contributed by atoms with Gasteiger partial charge in [-0.25, -0.2) is 0 Å². The maximum Gasteiger partial charge on any atom is 0.0169 e. The number of hydrogen-bond acceptors (Lipinski definition) is 0. The highest BCUT2D eigenvalue weighted by atomic mass is 32.3. The van der Waals surface area contributed by atoms with Crippen LogP contribution in [0.25, 0.3) is 0 Å². The molecular formula is C8H11FS. The van der Waals surface area contributed by atoms with Crippen molar-refractivity contribution in [1.82, 2.24) is 0 Å². The molecule has 0 amide bonds. The molecule has 0 radical (unpaired) electrons. The number of halogens is 1. The van der Waals surface area contributed by atoms with Crippen LogP contribution in [0.3, 0.4) is 0 Å². The lowest BCUT2D eigenvalue weighted by atomic mass is 10.4. The molecule has 1 rings (SSSR count). The molecule has 0 nitrogen and oxygen atoms in total. The van der Waals surface area contributed by atoms with Crippen LogP contribution in [0.15, 0.2) is 35.2 Å². The summed E-state index contributed by atoms with van der Waals surface area (Å²) in [6.07, 6.45) is 3.28. The summed E-state index contributed by atoms with van der Waals surface area (Å²) in [4.78, 5) is 0.815. The van der Waals surface area contributed by atoms with E-state index in [-0.39, 0.29) is 0 Å². The van der Waals surface area contributed by atoms with Crippen LogP contribution in [0, 0.1) is 0 Å². The van der Waals surface area contributed by atoms with E-state index >= 15 is 0 Å². The van der Waals surface area contributed by atoms with E-state index in [1.54, 1.807) is 12.5 Å². The Morgan fingerprint density at radius 3 is 1.90 bits per heavy atom. The standard InChI is InChI=1S/C8H11FS/c1-10(2,9)8-6-4-3-5-7-8/h3-7H,1-2H3. The largest absolute Gasteiger partial charge is 0.185 e.